The SMILES string of the molecule is CCNCc1ccccc1NC(=O)CC(NC(C)=O)c1ccccc1OCC. The van der Waals surface area contributed by atoms with Crippen molar-refractivity contribution in [1.82, 2.24) is 10.6 Å². The third kappa shape index (κ3) is 6.39. The molecule has 0 bridgehead atoms. The lowest BCUT2D eigenvalue weighted by molar-refractivity contribution is -0.120. The van der Waals surface area contributed by atoms with Gasteiger partial charge in [-0.1, -0.05) is 43.3 Å². The number of amides is 2. The first-order valence-electron chi connectivity index (χ1n) is 9.62. The Labute approximate surface area is 166 Å². The van der Waals surface area contributed by atoms with E-state index in [4.69, 9.17) is 4.74 Å². The average molecular weight is 383 g/mol. The number of carbonyl (C=O) groups is 2. The summed E-state index contributed by atoms with van der Waals surface area (Å²) in [6, 6.07) is 14.7. The fourth-order valence-electron chi connectivity index (χ4n) is 2.98. The summed E-state index contributed by atoms with van der Waals surface area (Å²) in [5.74, 6) is 0.301. The van der Waals surface area contributed by atoms with Crippen LogP contribution in [0.3, 0.4) is 0 Å². The Morgan fingerprint density at radius 3 is 2.46 bits per heavy atom. The van der Waals surface area contributed by atoms with Crippen LogP contribution in [-0.2, 0) is 16.1 Å². The summed E-state index contributed by atoms with van der Waals surface area (Å²) in [6.45, 7) is 7.41. The molecule has 2 aromatic carbocycles. The van der Waals surface area contributed by atoms with Crippen LogP contribution < -0.4 is 20.7 Å². The van der Waals surface area contributed by atoms with Crippen molar-refractivity contribution in [1.29, 1.82) is 0 Å². The Bertz CT molecular complexity index is 792. The van der Waals surface area contributed by atoms with Crippen molar-refractivity contribution < 1.29 is 14.3 Å². The number of hydrogen-bond acceptors (Lipinski definition) is 4. The van der Waals surface area contributed by atoms with E-state index in [1.54, 1.807) is 0 Å². The van der Waals surface area contributed by atoms with E-state index < -0.39 is 6.04 Å². The monoisotopic (exact) mass is 383 g/mol. The van der Waals surface area contributed by atoms with E-state index in [2.05, 4.69) is 16.0 Å². The Balaban J connectivity index is 2.17. The molecular formula is C22H29N3O3. The third-order valence-corrected chi connectivity index (χ3v) is 4.22. The second kappa shape index (κ2) is 11.1. The summed E-state index contributed by atoms with van der Waals surface area (Å²) < 4.78 is 5.67. The molecule has 6 heteroatoms. The molecular weight excluding hydrogens is 354 g/mol. The van der Waals surface area contributed by atoms with Gasteiger partial charge in [-0.2, -0.15) is 0 Å². The maximum absolute atomic E-state index is 12.7. The van der Waals surface area contributed by atoms with Gasteiger partial charge < -0.3 is 20.7 Å². The van der Waals surface area contributed by atoms with Crippen LogP contribution in [-0.4, -0.2) is 25.0 Å². The van der Waals surface area contributed by atoms with Gasteiger partial charge in [0.1, 0.15) is 5.75 Å². The molecule has 6 nitrogen and oxygen atoms in total. The maximum atomic E-state index is 12.7. The van der Waals surface area contributed by atoms with Gasteiger partial charge in [0.25, 0.3) is 0 Å². The number of rotatable bonds is 10. The van der Waals surface area contributed by atoms with Gasteiger partial charge in [0.2, 0.25) is 11.8 Å². The predicted octanol–water partition coefficient (Wildman–Crippen LogP) is 3.40. The lowest BCUT2D eigenvalue weighted by atomic mass is 10.0. The molecule has 0 spiro atoms. The van der Waals surface area contributed by atoms with E-state index in [9.17, 15) is 9.59 Å². The lowest BCUT2D eigenvalue weighted by Crippen LogP contribution is -2.30. The average Bonchev–Trinajstić information content (AvgIpc) is 2.67. The largest absolute Gasteiger partial charge is 0.494 e. The van der Waals surface area contributed by atoms with Gasteiger partial charge >= 0.3 is 0 Å². The molecule has 0 fully saturated rings. The number of hydrogen-bond donors (Lipinski definition) is 3. The van der Waals surface area contributed by atoms with Gasteiger partial charge in [-0.15, -0.1) is 0 Å². The summed E-state index contributed by atoms with van der Waals surface area (Å²) in [5.41, 5.74) is 2.58. The molecule has 150 valence electrons. The van der Waals surface area contributed by atoms with Crippen LogP contribution in [0.15, 0.2) is 48.5 Å². The second-order valence-electron chi connectivity index (χ2n) is 6.41. The minimum Gasteiger partial charge on any atom is -0.494 e. The zero-order valence-corrected chi connectivity index (χ0v) is 16.7. The molecule has 0 aromatic heterocycles. The van der Waals surface area contributed by atoms with Crippen LogP contribution in [0.25, 0.3) is 0 Å². The fourth-order valence-corrected chi connectivity index (χ4v) is 2.98. The van der Waals surface area contributed by atoms with Gasteiger partial charge in [-0.3, -0.25) is 9.59 Å². The first-order valence-corrected chi connectivity index (χ1v) is 9.62. The zero-order chi connectivity index (χ0) is 20.4. The van der Waals surface area contributed by atoms with Crippen LogP contribution in [0.5, 0.6) is 5.75 Å². The number of nitrogens with one attached hydrogen (secondary N) is 3. The highest BCUT2D eigenvalue weighted by molar-refractivity contribution is 5.92. The summed E-state index contributed by atoms with van der Waals surface area (Å²) in [7, 11) is 0. The van der Waals surface area contributed by atoms with Crippen molar-refractivity contribution in [3.8, 4) is 5.75 Å². The number of benzene rings is 2. The summed E-state index contributed by atoms with van der Waals surface area (Å²) >= 11 is 0. The number of ether oxygens (including phenoxy) is 1. The molecule has 0 aliphatic heterocycles. The molecule has 0 aliphatic rings. The van der Waals surface area contributed by atoms with Crippen LogP contribution in [0.4, 0.5) is 5.69 Å². The number of carbonyl (C=O) groups excluding carboxylic acids is 2. The predicted molar refractivity (Wildman–Crippen MR) is 111 cm³/mol. The highest BCUT2D eigenvalue weighted by Crippen LogP contribution is 2.28. The van der Waals surface area contributed by atoms with Crippen LogP contribution in [0.2, 0.25) is 0 Å². The summed E-state index contributed by atoms with van der Waals surface area (Å²) in [4.78, 5) is 24.5. The van der Waals surface area contributed by atoms with E-state index in [0.29, 0.717) is 18.9 Å². The topological polar surface area (TPSA) is 79.5 Å². The molecule has 1 unspecified atom stereocenters. The molecule has 28 heavy (non-hydrogen) atoms. The molecule has 2 aromatic rings. The molecule has 2 rings (SSSR count). The molecule has 2 amide bonds. The summed E-state index contributed by atoms with van der Waals surface area (Å²) in [5, 5.41) is 9.11. The minimum absolute atomic E-state index is 0.110. The highest BCUT2D eigenvalue weighted by atomic mass is 16.5. The standard InChI is InChI=1S/C22H29N3O3/c1-4-23-15-17-10-6-8-12-19(17)25-22(27)14-20(24-16(3)26)18-11-7-9-13-21(18)28-5-2/h6-13,20,23H,4-5,14-15H2,1-3H3,(H,24,26)(H,25,27). The van der Waals surface area contributed by atoms with E-state index in [-0.39, 0.29) is 18.2 Å². The first-order chi connectivity index (χ1) is 13.5. The fraction of sp³-hybridized carbons (Fsp3) is 0.364. The van der Waals surface area contributed by atoms with E-state index in [1.165, 1.54) is 6.92 Å². The van der Waals surface area contributed by atoms with E-state index >= 15 is 0 Å². The second-order valence-corrected chi connectivity index (χ2v) is 6.41. The van der Waals surface area contributed by atoms with Gasteiger partial charge in [0, 0.05) is 24.7 Å². The molecule has 0 saturated carbocycles. The first kappa shape index (κ1) is 21.4. The molecule has 1 atom stereocenters. The highest BCUT2D eigenvalue weighted by Gasteiger charge is 2.21. The van der Waals surface area contributed by atoms with Gasteiger partial charge in [0.05, 0.1) is 19.1 Å². The van der Waals surface area contributed by atoms with Crippen LogP contribution in [0.1, 0.15) is 44.4 Å². The number of para-hydroxylation sites is 2. The smallest absolute Gasteiger partial charge is 0.226 e. The molecule has 0 heterocycles. The van der Waals surface area contributed by atoms with Crippen molar-refractivity contribution >= 4 is 17.5 Å². The van der Waals surface area contributed by atoms with E-state index in [0.717, 1.165) is 23.4 Å². The maximum Gasteiger partial charge on any atom is 0.226 e. The summed E-state index contributed by atoms with van der Waals surface area (Å²) in [6.07, 6.45) is 0.110. The van der Waals surface area contributed by atoms with E-state index in [1.807, 2.05) is 62.4 Å². The Morgan fingerprint density at radius 2 is 1.75 bits per heavy atom. The third-order valence-electron chi connectivity index (χ3n) is 4.22. The van der Waals surface area contributed by atoms with Gasteiger partial charge in [-0.05, 0) is 31.2 Å². The van der Waals surface area contributed by atoms with Crippen LogP contribution in [0, 0.1) is 0 Å². The molecule has 3 N–H and O–H groups in total. The Hall–Kier alpha value is -2.86. The normalized spacial score (nSPS) is 11.5. The lowest BCUT2D eigenvalue weighted by Gasteiger charge is -2.21. The van der Waals surface area contributed by atoms with Crippen molar-refractivity contribution in [2.45, 2.75) is 39.8 Å². The Kier molecular flexibility index (Phi) is 8.49. The zero-order valence-electron chi connectivity index (χ0n) is 16.7. The molecule has 0 radical (unpaired) electrons. The Morgan fingerprint density at radius 1 is 1.04 bits per heavy atom. The number of anilines is 1. The van der Waals surface area contributed by atoms with Crippen molar-refractivity contribution in [3.63, 3.8) is 0 Å². The van der Waals surface area contributed by atoms with Gasteiger partial charge in [0.15, 0.2) is 0 Å². The van der Waals surface area contributed by atoms with Crippen molar-refractivity contribution in [2.75, 3.05) is 18.5 Å². The molecule has 0 aliphatic carbocycles. The quantitative estimate of drug-likeness (QED) is 0.587. The minimum atomic E-state index is -0.471. The van der Waals surface area contributed by atoms with Crippen molar-refractivity contribution in [3.05, 3.63) is 59.7 Å². The molecule has 0 saturated heterocycles. The van der Waals surface area contributed by atoms with Crippen molar-refractivity contribution in [2.24, 2.45) is 0 Å². The van der Waals surface area contributed by atoms with Crippen LogP contribution >= 0.6 is 0 Å². The van der Waals surface area contributed by atoms with Gasteiger partial charge in [-0.25, -0.2) is 0 Å².